The fourth-order valence-corrected chi connectivity index (χ4v) is 3.72. The van der Waals surface area contributed by atoms with Crippen LogP contribution in [-0.2, 0) is 11.5 Å². The zero-order valence-corrected chi connectivity index (χ0v) is 14.5. The zero-order valence-electron chi connectivity index (χ0n) is 13.7. The lowest BCUT2D eigenvalue weighted by Gasteiger charge is -2.10. The Bertz CT molecular complexity index is 907. The van der Waals surface area contributed by atoms with Gasteiger partial charge in [-0.15, -0.1) is 13.2 Å². The van der Waals surface area contributed by atoms with Gasteiger partial charge in [-0.05, 0) is 39.6 Å². The van der Waals surface area contributed by atoms with Gasteiger partial charge in [0.25, 0.3) is 0 Å². The minimum Gasteiger partial charge on any atom is -0.406 e. The highest BCUT2D eigenvalue weighted by molar-refractivity contribution is 7.97. The molecule has 1 N–H and O–H groups in total. The number of ether oxygens (including phenoxy) is 1. The van der Waals surface area contributed by atoms with E-state index in [-0.39, 0.29) is 5.75 Å². The van der Waals surface area contributed by atoms with E-state index >= 15 is 0 Å². The summed E-state index contributed by atoms with van der Waals surface area (Å²) in [5.74, 6) is 1.26. The molecule has 0 atom stereocenters. The van der Waals surface area contributed by atoms with Crippen molar-refractivity contribution in [1.82, 2.24) is 0 Å². The summed E-state index contributed by atoms with van der Waals surface area (Å²) in [6.07, 6.45) is -3.32. The number of fused-ring (bicyclic) bond motifs is 1. The van der Waals surface area contributed by atoms with Crippen molar-refractivity contribution in [3.63, 3.8) is 0 Å². The van der Waals surface area contributed by atoms with E-state index in [1.54, 1.807) is 23.9 Å². The second-order valence-electron chi connectivity index (χ2n) is 5.69. The third-order valence-corrected chi connectivity index (χ3v) is 4.94. The van der Waals surface area contributed by atoms with Crippen molar-refractivity contribution in [2.45, 2.75) is 17.9 Å². The van der Waals surface area contributed by atoms with Gasteiger partial charge in [-0.2, -0.15) is 11.8 Å². The minimum atomic E-state index is -4.67. The standard InChI is InChI=1S/C20H16F3NOS/c21-20(22,23)25-17-9-7-14(8-10-17)12-26-13-16-4-2-5-18-15(11-24)3-1-6-19(16)18/h1-11,24H,12-13H2. The van der Waals surface area contributed by atoms with E-state index in [9.17, 15) is 13.2 Å². The molecule has 0 saturated heterocycles. The molecule has 0 aliphatic carbocycles. The molecule has 0 aliphatic rings. The Morgan fingerprint density at radius 2 is 1.58 bits per heavy atom. The quantitative estimate of drug-likeness (QED) is 0.523. The molecular weight excluding hydrogens is 359 g/mol. The Hall–Kier alpha value is -2.47. The van der Waals surface area contributed by atoms with Gasteiger partial charge < -0.3 is 10.1 Å². The number of thioether (sulfide) groups is 1. The van der Waals surface area contributed by atoms with Crippen molar-refractivity contribution in [2.24, 2.45) is 0 Å². The first-order valence-electron chi connectivity index (χ1n) is 7.90. The molecule has 6 heteroatoms. The van der Waals surface area contributed by atoms with Crippen molar-refractivity contribution in [2.75, 3.05) is 0 Å². The van der Waals surface area contributed by atoms with Gasteiger partial charge in [-0.1, -0.05) is 48.5 Å². The van der Waals surface area contributed by atoms with Crippen molar-refractivity contribution in [3.8, 4) is 5.75 Å². The van der Waals surface area contributed by atoms with Gasteiger partial charge in [-0.3, -0.25) is 0 Å². The topological polar surface area (TPSA) is 33.1 Å². The molecule has 0 aliphatic heterocycles. The molecule has 26 heavy (non-hydrogen) atoms. The SMILES string of the molecule is N=Cc1cccc2c(CSCc3ccc(OC(F)(F)F)cc3)cccc12. The third-order valence-electron chi connectivity index (χ3n) is 3.88. The Morgan fingerprint density at radius 1 is 0.885 bits per heavy atom. The van der Waals surface area contributed by atoms with Crippen LogP contribution in [0.3, 0.4) is 0 Å². The smallest absolute Gasteiger partial charge is 0.406 e. The molecule has 0 saturated carbocycles. The molecule has 0 radical (unpaired) electrons. The number of halogens is 3. The highest BCUT2D eigenvalue weighted by atomic mass is 32.2. The number of alkyl halides is 3. The van der Waals surface area contributed by atoms with Crippen molar-refractivity contribution in [3.05, 3.63) is 77.4 Å². The lowest BCUT2D eigenvalue weighted by Crippen LogP contribution is -2.16. The lowest BCUT2D eigenvalue weighted by molar-refractivity contribution is -0.274. The summed E-state index contributed by atoms with van der Waals surface area (Å²) >= 11 is 1.69. The van der Waals surface area contributed by atoms with Crippen molar-refractivity contribution >= 4 is 28.7 Å². The van der Waals surface area contributed by atoms with E-state index in [2.05, 4.69) is 10.8 Å². The molecule has 0 bridgehead atoms. The molecule has 0 unspecified atom stereocenters. The fraction of sp³-hybridized carbons (Fsp3) is 0.150. The first-order valence-corrected chi connectivity index (χ1v) is 9.05. The summed E-state index contributed by atoms with van der Waals surface area (Å²) in [6.45, 7) is 0. The van der Waals surface area contributed by atoms with Gasteiger partial charge in [0.05, 0.1) is 0 Å². The Kier molecular flexibility index (Phi) is 5.52. The van der Waals surface area contributed by atoms with Gasteiger partial charge in [0.2, 0.25) is 0 Å². The predicted molar refractivity (Wildman–Crippen MR) is 100.0 cm³/mol. The number of hydrogen-bond acceptors (Lipinski definition) is 3. The van der Waals surface area contributed by atoms with Crippen LogP contribution >= 0.6 is 11.8 Å². The predicted octanol–water partition coefficient (Wildman–Crippen LogP) is 6.17. The Labute approximate surface area is 153 Å². The van der Waals surface area contributed by atoms with Crippen LogP contribution in [0.2, 0.25) is 0 Å². The second-order valence-corrected chi connectivity index (χ2v) is 6.67. The van der Waals surface area contributed by atoms with Gasteiger partial charge >= 0.3 is 6.36 Å². The highest BCUT2D eigenvalue weighted by Gasteiger charge is 2.30. The van der Waals surface area contributed by atoms with E-state index in [0.29, 0.717) is 5.75 Å². The zero-order chi connectivity index (χ0) is 18.6. The number of hydrogen-bond donors (Lipinski definition) is 1. The van der Waals surface area contributed by atoms with E-state index in [1.165, 1.54) is 23.9 Å². The highest BCUT2D eigenvalue weighted by Crippen LogP contribution is 2.27. The summed E-state index contributed by atoms with van der Waals surface area (Å²) in [5, 5.41) is 9.68. The molecular formula is C20H16F3NOS. The van der Waals surface area contributed by atoms with E-state index in [4.69, 9.17) is 5.41 Å². The van der Waals surface area contributed by atoms with E-state index < -0.39 is 6.36 Å². The largest absolute Gasteiger partial charge is 0.573 e. The molecule has 134 valence electrons. The van der Waals surface area contributed by atoms with Crippen LogP contribution in [0.1, 0.15) is 16.7 Å². The molecule has 0 spiro atoms. The van der Waals surface area contributed by atoms with Gasteiger partial charge in [-0.25, -0.2) is 0 Å². The van der Waals surface area contributed by atoms with Crippen LogP contribution < -0.4 is 4.74 Å². The van der Waals surface area contributed by atoms with E-state index in [1.807, 2.05) is 30.3 Å². The molecule has 2 nitrogen and oxygen atoms in total. The second kappa shape index (κ2) is 7.83. The molecule has 0 heterocycles. The van der Waals surface area contributed by atoms with Gasteiger partial charge in [0.1, 0.15) is 5.75 Å². The molecule has 3 rings (SSSR count). The van der Waals surface area contributed by atoms with Crippen LogP contribution in [0.15, 0.2) is 60.7 Å². The normalized spacial score (nSPS) is 11.5. The monoisotopic (exact) mass is 375 g/mol. The first-order chi connectivity index (χ1) is 12.5. The first kappa shape index (κ1) is 18.3. The van der Waals surface area contributed by atoms with Crippen LogP contribution in [0.25, 0.3) is 10.8 Å². The molecule has 0 amide bonds. The van der Waals surface area contributed by atoms with Crippen LogP contribution in [-0.4, -0.2) is 12.6 Å². The number of nitrogens with one attached hydrogen (secondary N) is 1. The van der Waals surface area contributed by atoms with Crippen LogP contribution in [0.4, 0.5) is 13.2 Å². The Balaban J connectivity index is 1.65. The number of rotatable bonds is 6. The lowest BCUT2D eigenvalue weighted by atomic mass is 10.0. The maximum absolute atomic E-state index is 12.2. The third kappa shape index (κ3) is 4.58. The van der Waals surface area contributed by atoms with E-state index in [0.717, 1.165) is 27.7 Å². The fourth-order valence-electron chi connectivity index (χ4n) is 2.72. The molecule has 0 fully saturated rings. The van der Waals surface area contributed by atoms with Gasteiger partial charge in [0.15, 0.2) is 0 Å². The molecule has 3 aromatic rings. The average molecular weight is 375 g/mol. The Morgan fingerprint density at radius 3 is 2.27 bits per heavy atom. The maximum Gasteiger partial charge on any atom is 0.573 e. The van der Waals surface area contributed by atoms with Crippen LogP contribution in [0.5, 0.6) is 5.75 Å². The molecule has 0 aromatic heterocycles. The molecule has 3 aromatic carbocycles. The van der Waals surface area contributed by atoms with Crippen molar-refractivity contribution < 1.29 is 17.9 Å². The van der Waals surface area contributed by atoms with Crippen LogP contribution in [0, 0.1) is 5.41 Å². The van der Waals surface area contributed by atoms with Crippen molar-refractivity contribution in [1.29, 1.82) is 5.41 Å². The van der Waals surface area contributed by atoms with Gasteiger partial charge in [0, 0.05) is 17.7 Å². The summed E-state index contributed by atoms with van der Waals surface area (Å²) in [6, 6.07) is 17.9. The maximum atomic E-state index is 12.2. The minimum absolute atomic E-state index is 0.209. The average Bonchev–Trinajstić information content (AvgIpc) is 2.61. The summed E-state index contributed by atoms with van der Waals surface area (Å²) < 4.78 is 40.4. The summed E-state index contributed by atoms with van der Waals surface area (Å²) in [4.78, 5) is 0. The summed E-state index contributed by atoms with van der Waals surface area (Å²) in [5.41, 5.74) is 2.99. The summed E-state index contributed by atoms with van der Waals surface area (Å²) in [7, 11) is 0. The number of benzene rings is 3.